The predicted molar refractivity (Wildman–Crippen MR) is 99.1 cm³/mol. The van der Waals surface area contributed by atoms with E-state index in [2.05, 4.69) is 15.3 Å². The van der Waals surface area contributed by atoms with Gasteiger partial charge in [0.15, 0.2) is 11.5 Å². The molecule has 4 aromatic rings. The molecule has 1 aliphatic rings. The molecular formula is C20H19N3O4. The summed E-state index contributed by atoms with van der Waals surface area (Å²) in [6.07, 6.45) is 8.08. The van der Waals surface area contributed by atoms with Crippen LogP contribution in [-0.2, 0) is 0 Å². The fourth-order valence-corrected chi connectivity index (χ4v) is 3.74. The molecule has 27 heavy (non-hydrogen) atoms. The Labute approximate surface area is 155 Å². The van der Waals surface area contributed by atoms with E-state index in [1.165, 1.54) is 6.33 Å². The lowest BCUT2D eigenvalue weighted by Crippen LogP contribution is -2.36. The van der Waals surface area contributed by atoms with Gasteiger partial charge in [-0.1, -0.05) is 12.8 Å². The first kappa shape index (κ1) is 16.1. The van der Waals surface area contributed by atoms with Gasteiger partial charge in [0.05, 0.1) is 35.6 Å². The summed E-state index contributed by atoms with van der Waals surface area (Å²) >= 11 is 0. The molecule has 1 fully saturated rings. The van der Waals surface area contributed by atoms with Gasteiger partial charge in [-0.3, -0.25) is 0 Å². The van der Waals surface area contributed by atoms with E-state index in [1.807, 2.05) is 18.2 Å². The molecule has 0 saturated heterocycles. The van der Waals surface area contributed by atoms with Crippen LogP contribution in [0.2, 0.25) is 0 Å². The SMILES string of the molecule is OC1CCCCC1Nc1ncnc2oc(-c3ccco3)c(-c3ccco3)c12. The fourth-order valence-electron chi connectivity index (χ4n) is 3.74. The number of aliphatic hydroxyl groups excluding tert-OH is 1. The quantitative estimate of drug-likeness (QED) is 0.551. The van der Waals surface area contributed by atoms with Gasteiger partial charge in [-0.25, -0.2) is 9.97 Å². The molecule has 4 heterocycles. The third kappa shape index (κ3) is 2.80. The van der Waals surface area contributed by atoms with Gasteiger partial charge >= 0.3 is 0 Å². The van der Waals surface area contributed by atoms with Crippen molar-refractivity contribution in [1.29, 1.82) is 0 Å². The lowest BCUT2D eigenvalue weighted by molar-refractivity contribution is 0.116. The summed E-state index contributed by atoms with van der Waals surface area (Å²) in [5, 5.41) is 14.5. The predicted octanol–water partition coefficient (Wildman–Crippen LogP) is 4.46. The number of furan rings is 3. The van der Waals surface area contributed by atoms with E-state index in [-0.39, 0.29) is 6.04 Å². The van der Waals surface area contributed by atoms with E-state index in [0.29, 0.717) is 28.8 Å². The Morgan fingerprint density at radius 1 is 1.00 bits per heavy atom. The number of rotatable bonds is 4. The Hall–Kier alpha value is -3.06. The zero-order chi connectivity index (χ0) is 18.2. The Kier molecular flexibility index (Phi) is 3.94. The lowest BCUT2D eigenvalue weighted by atomic mass is 9.92. The minimum atomic E-state index is -0.396. The number of nitrogens with one attached hydrogen (secondary N) is 1. The maximum Gasteiger partial charge on any atom is 0.232 e. The molecule has 0 radical (unpaired) electrons. The van der Waals surface area contributed by atoms with Crippen molar-refractivity contribution < 1.29 is 18.4 Å². The van der Waals surface area contributed by atoms with Gasteiger partial charge in [0.25, 0.3) is 0 Å². The van der Waals surface area contributed by atoms with E-state index in [9.17, 15) is 5.11 Å². The smallest absolute Gasteiger partial charge is 0.232 e. The molecule has 2 unspecified atom stereocenters. The second kappa shape index (κ2) is 6.59. The molecule has 1 saturated carbocycles. The number of fused-ring (bicyclic) bond motifs is 1. The van der Waals surface area contributed by atoms with Gasteiger partial charge in [0.2, 0.25) is 5.71 Å². The minimum Gasteiger partial charge on any atom is -0.464 e. The summed E-state index contributed by atoms with van der Waals surface area (Å²) in [6, 6.07) is 7.27. The first-order valence-electron chi connectivity index (χ1n) is 9.11. The molecule has 2 atom stereocenters. The van der Waals surface area contributed by atoms with Crippen molar-refractivity contribution in [3.8, 4) is 22.8 Å². The van der Waals surface area contributed by atoms with E-state index in [4.69, 9.17) is 13.3 Å². The van der Waals surface area contributed by atoms with Gasteiger partial charge in [-0.15, -0.1) is 0 Å². The molecule has 0 bridgehead atoms. The number of nitrogens with zero attached hydrogens (tertiary/aromatic N) is 2. The van der Waals surface area contributed by atoms with Gasteiger partial charge in [-0.05, 0) is 37.1 Å². The maximum absolute atomic E-state index is 10.3. The van der Waals surface area contributed by atoms with Crippen LogP contribution in [0.5, 0.6) is 0 Å². The summed E-state index contributed by atoms with van der Waals surface area (Å²) < 4.78 is 17.2. The number of hydrogen-bond acceptors (Lipinski definition) is 7. The lowest BCUT2D eigenvalue weighted by Gasteiger charge is -2.28. The maximum atomic E-state index is 10.3. The summed E-state index contributed by atoms with van der Waals surface area (Å²) in [4.78, 5) is 8.73. The van der Waals surface area contributed by atoms with Crippen molar-refractivity contribution in [2.45, 2.75) is 37.8 Å². The fraction of sp³-hybridized carbons (Fsp3) is 0.300. The molecule has 1 aliphatic carbocycles. The van der Waals surface area contributed by atoms with Gasteiger partial charge in [0.1, 0.15) is 17.9 Å². The molecule has 138 valence electrons. The normalized spacial score (nSPS) is 20.2. The molecular weight excluding hydrogens is 346 g/mol. The first-order valence-corrected chi connectivity index (χ1v) is 9.11. The average molecular weight is 365 g/mol. The van der Waals surface area contributed by atoms with Crippen molar-refractivity contribution in [1.82, 2.24) is 9.97 Å². The van der Waals surface area contributed by atoms with Crippen molar-refractivity contribution >= 4 is 16.9 Å². The highest BCUT2D eigenvalue weighted by Crippen LogP contribution is 2.43. The zero-order valence-electron chi connectivity index (χ0n) is 14.6. The van der Waals surface area contributed by atoms with Crippen LogP contribution >= 0.6 is 0 Å². The Balaban J connectivity index is 1.69. The average Bonchev–Trinajstić information content (AvgIpc) is 3.43. The van der Waals surface area contributed by atoms with Crippen molar-refractivity contribution in [2.75, 3.05) is 5.32 Å². The summed E-state index contributed by atoms with van der Waals surface area (Å²) in [7, 11) is 0. The topological polar surface area (TPSA) is 97.5 Å². The largest absolute Gasteiger partial charge is 0.464 e. The van der Waals surface area contributed by atoms with Crippen LogP contribution in [0.3, 0.4) is 0 Å². The van der Waals surface area contributed by atoms with Gasteiger partial charge in [0, 0.05) is 0 Å². The second-order valence-electron chi connectivity index (χ2n) is 6.77. The molecule has 0 aromatic carbocycles. The van der Waals surface area contributed by atoms with Crippen LogP contribution < -0.4 is 5.32 Å². The van der Waals surface area contributed by atoms with Gasteiger partial charge in [-0.2, -0.15) is 0 Å². The molecule has 0 spiro atoms. The highest BCUT2D eigenvalue weighted by molar-refractivity contribution is 6.04. The molecule has 4 aromatic heterocycles. The Morgan fingerprint density at radius 3 is 2.52 bits per heavy atom. The summed E-state index contributed by atoms with van der Waals surface area (Å²) in [6.45, 7) is 0. The van der Waals surface area contributed by atoms with Crippen LogP contribution in [0, 0.1) is 0 Å². The number of hydrogen-bond donors (Lipinski definition) is 2. The van der Waals surface area contributed by atoms with Crippen molar-refractivity contribution in [3.63, 3.8) is 0 Å². The minimum absolute atomic E-state index is 0.0525. The monoisotopic (exact) mass is 365 g/mol. The van der Waals surface area contributed by atoms with Crippen LogP contribution in [0.25, 0.3) is 33.9 Å². The molecule has 2 N–H and O–H groups in total. The molecule has 7 nitrogen and oxygen atoms in total. The number of aromatic nitrogens is 2. The third-order valence-electron chi connectivity index (χ3n) is 5.05. The van der Waals surface area contributed by atoms with E-state index in [0.717, 1.165) is 36.6 Å². The molecule has 5 rings (SSSR count). The molecule has 7 heteroatoms. The van der Waals surface area contributed by atoms with Crippen LogP contribution in [0.1, 0.15) is 25.7 Å². The highest BCUT2D eigenvalue weighted by atomic mass is 16.4. The van der Waals surface area contributed by atoms with E-state index >= 15 is 0 Å². The highest BCUT2D eigenvalue weighted by Gasteiger charge is 2.28. The van der Waals surface area contributed by atoms with E-state index in [1.54, 1.807) is 18.6 Å². The first-order chi connectivity index (χ1) is 13.3. The van der Waals surface area contributed by atoms with Crippen LogP contribution in [-0.4, -0.2) is 27.2 Å². The molecule has 0 aliphatic heterocycles. The standard InChI is InChI=1S/C20H19N3O4/c24-13-6-2-1-5-12(13)23-19-17-16(14-7-3-9-25-14)18(15-8-4-10-26-15)27-20(17)22-11-21-19/h3-4,7-13,24H,1-2,5-6H2,(H,21,22,23). The van der Waals surface area contributed by atoms with Gasteiger partial charge < -0.3 is 23.7 Å². The Morgan fingerprint density at radius 2 is 1.78 bits per heavy atom. The zero-order valence-corrected chi connectivity index (χ0v) is 14.6. The summed E-state index contributed by atoms with van der Waals surface area (Å²) in [5.74, 6) is 2.39. The van der Waals surface area contributed by atoms with Crippen LogP contribution in [0.4, 0.5) is 5.82 Å². The number of anilines is 1. The second-order valence-corrected chi connectivity index (χ2v) is 6.77. The van der Waals surface area contributed by atoms with E-state index < -0.39 is 6.10 Å². The van der Waals surface area contributed by atoms with Crippen LogP contribution in [0.15, 0.2) is 56.4 Å². The third-order valence-corrected chi connectivity index (χ3v) is 5.05. The number of aliphatic hydroxyl groups is 1. The molecule has 0 amide bonds. The van der Waals surface area contributed by atoms with Crippen molar-refractivity contribution in [3.05, 3.63) is 43.1 Å². The Bertz CT molecular complexity index is 1040. The van der Waals surface area contributed by atoms with Crippen molar-refractivity contribution in [2.24, 2.45) is 0 Å². The summed E-state index contributed by atoms with van der Waals surface area (Å²) in [5.41, 5.74) is 1.17.